The molecule has 0 spiro atoms. The number of para-hydroxylation sites is 1. The van der Waals surface area contributed by atoms with E-state index in [1.54, 1.807) is 0 Å². The van der Waals surface area contributed by atoms with E-state index < -0.39 is 44.0 Å². The Bertz CT molecular complexity index is 1220. The Morgan fingerprint density at radius 2 is 1.79 bits per heavy atom. The highest BCUT2D eigenvalue weighted by atomic mass is 32.2. The van der Waals surface area contributed by atoms with Crippen molar-refractivity contribution in [2.45, 2.75) is 17.7 Å². The first-order valence-electron chi connectivity index (χ1n) is 8.28. The monoisotopic (exact) mass is 426 g/mol. The van der Waals surface area contributed by atoms with Gasteiger partial charge in [-0.1, -0.05) is 6.07 Å². The lowest BCUT2D eigenvalue weighted by atomic mass is 10.2. The summed E-state index contributed by atoms with van der Waals surface area (Å²) in [6.45, 7) is -0.0441. The number of nitrogens with zero attached hydrogens (tertiary/aromatic N) is 3. The van der Waals surface area contributed by atoms with Gasteiger partial charge in [0.05, 0.1) is 5.39 Å². The second kappa shape index (κ2) is 7.81. The number of hydrogen-bond acceptors (Lipinski definition) is 8. The van der Waals surface area contributed by atoms with Gasteiger partial charge >= 0.3 is 0 Å². The van der Waals surface area contributed by atoms with Crippen LogP contribution in [0.25, 0.3) is 16.7 Å². The van der Waals surface area contributed by atoms with Gasteiger partial charge < -0.3 is 15.5 Å². The number of aliphatic hydroxyl groups is 2. The van der Waals surface area contributed by atoms with Gasteiger partial charge in [-0.15, -0.1) is 0 Å². The minimum absolute atomic E-state index is 0.0441. The van der Waals surface area contributed by atoms with E-state index in [0.717, 1.165) is 36.6 Å². The average Bonchev–Trinajstić information content (AvgIpc) is 2.61. The van der Waals surface area contributed by atoms with Crippen molar-refractivity contribution in [3.63, 3.8) is 0 Å². The van der Waals surface area contributed by atoms with Crippen molar-refractivity contribution in [1.82, 2.24) is 14.5 Å². The molecule has 154 valence electrons. The molecule has 3 aromatic rings. The number of pyridine rings is 1. The van der Waals surface area contributed by atoms with Gasteiger partial charge in [-0.25, -0.2) is 22.2 Å². The van der Waals surface area contributed by atoms with Crippen LogP contribution in [-0.2, 0) is 9.84 Å². The lowest BCUT2D eigenvalue weighted by molar-refractivity contribution is -0.0423. The fraction of sp³-hybridized carbons (Fsp3) is 0.235. The first-order chi connectivity index (χ1) is 13.6. The van der Waals surface area contributed by atoms with Gasteiger partial charge in [0, 0.05) is 25.3 Å². The van der Waals surface area contributed by atoms with E-state index in [4.69, 9.17) is 10.2 Å². The number of anilines is 1. The van der Waals surface area contributed by atoms with E-state index in [0.29, 0.717) is 4.57 Å². The maximum Gasteiger partial charge on any atom is 0.256 e. The molecule has 1 aromatic carbocycles. The highest BCUT2D eigenvalue weighted by Crippen LogP contribution is 2.25. The maximum absolute atomic E-state index is 14.3. The summed E-state index contributed by atoms with van der Waals surface area (Å²) in [5, 5.41) is 19.9. The number of rotatable bonds is 6. The average molecular weight is 426 g/mol. The molecule has 0 amide bonds. The van der Waals surface area contributed by atoms with Gasteiger partial charge in [-0.05, 0) is 18.2 Å². The Morgan fingerprint density at radius 1 is 1.14 bits per heavy atom. The highest BCUT2D eigenvalue weighted by Gasteiger charge is 2.22. The zero-order valence-electron chi connectivity index (χ0n) is 15.0. The molecule has 2 aromatic heterocycles. The van der Waals surface area contributed by atoms with E-state index >= 15 is 0 Å². The van der Waals surface area contributed by atoms with Crippen LogP contribution in [0.15, 0.2) is 40.2 Å². The molecule has 0 atom stereocenters. The molecule has 0 saturated carbocycles. The van der Waals surface area contributed by atoms with Crippen molar-refractivity contribution in [2.75, 3.05) is 18.1 Å². The molecular formula is C17H16F2N4O5S. The summed E-state index contributed by atoms with van der Waals surface area (Å²) in [5.41, 5.74) is -1.88. The van der Waals surface area contributed by atoms with Crippen LogP contribution in [0.3, 0.4) is 0 Å². The topological polar surface area (TPSA) is 134 Å². The molecule has 2 heterocycles. The number of hydrogen-bond donors (Lipinski definition) is 3. The SMILES string of the molecule is CS(=O)(=O)c1nc(NCCC(O)O)nc2c1ccc(=O)n2-c1c(F)cccc1F. The minimum atomic E-state index is -3.92. The summed E-state index contributed by atoms with van der Waals surface area (Å²) < 4.78 is 53.7. The van der Waals surface area contributed by atoms with Crippen LogP contribution >= 0.6 is 0 Å². The number of aromatic nitrogens is 3. The molecule has 0 bridgehead atoms. The number of nitrogens with one attached hydrogen (secondary N) is 1. The molecule has 0 saturated heterocycles. The second-order valence-corrected chi connectivity index (χ2v) is 8.07. The van der Waals surface area contributed by atoms with Crippen LogP contribution in [0.1, 0.15) is 6.42 Å². The zero-order chi connectivity index (χ0) is 21.3. The first-order valence-corrected chi connectivity index (χ1v) is 10.2. The Morgan fingerprint density at radius 3 is 2.38 bits per heavy atom. The van der Waals surface area contributed by atoms with Crippen molar-refractivity contribution >= 4 is 26.8 Å². The Balaban J connectivity index is 2.35. The van der Waals surface area contributed by atoms with Gasteiger partial charge in [0.1, 0.15) is 17.3 Å². The van der Waals surface area contributed by atoms with Crippen LogP contribution in [0.4, 0.5) is 14.7 Å². The molecule has 3 rings (SSSR count). The Hall–Kier alpha value is -2.96. The largest absolute Gasteiger partial charge is 0.368 e. The van der Waals surface area contributed by atoms with E-state index in [1.165, 1.54) is 0 Å². The van der Waals surface area contributed by atoms with E-state index in [9.17, 15) is 22.0 Å². The molecule has 3 N–H and O–H groups in total. The van der Waals surface area contributed by atoms with Gasteiger partial charge in [-0.2, -0.15) is 4.98 Å². The van der Waals surface area contributed by atoms with Crippen LogP contribution < -0.4 is 10.9 Å². The third-order valence-electron chi connectivity index (χ3n) is 3.91. The van der Waals surface area contributed by atoms with Crippen molar-refractivity contribution < 1.29 is 27.4 Å². The minimum Gasteiger partial charge on any atom is -0.368 e. The predicted molar refractivity (Wildman–Crippen MR) is 99.5 cm³/mol. The van der Waals surface area contributed by atoms with Gasteiger partial charge in [0.2, 0.25) is 5.95 Å². The fourth-order valence-electron chi connectivity index (χ4n) is 2.68. The lowest BCUT2D eigenvalue weighted by Gasteiger charge is -2.14. The standard InChI is InChI=1S/C17H16F2N4O5S/c1-29(27,28)16-9-5-6-12(24)23(14-10(18)3-2-4-11(14)19)15(9)21-17(22-16)20-8-7-13(25)26/h2-6,13,25-26H,7-8H2,1H3,(H,20,21,22). The fourth-order valence-corrected chi connectivity index (χ4v) is 3.49. The summed E-state index contributed by atoms with van der Waals surface area (Å²) in [6.07, 6.45) is -0.864. The second-order valence-electron chi connectivity index (χ2n) is 6.14. The summed E-state index contributed by atoms with van der Waals surface area (Å²) in [4.78, 5) is 20.4. The summed E-state index contributed by atoms with van der Waals surface area (Å²) >= 11 is 0. The number of halogens is 2. The van der Waals surface area contributed by atoms with E-state index in [-0.39, 0.29) is 29.9 Å². The van der Waals surface area contributed by atoms with E-state index in [1.807, 2.05) is 0 Å². The third kappa shape index (κ3) is 4.23. The van der Waals surface area contributed by atoms with Crippen molar-refractivity contribution in [3.8, 4) is 5.69 Å². The number of sulfone groups is 1. The molecule has 0 aliphatic heterocycles. The summed E-state index contributed by atoms with van der Waals surface area (Å²) in [5.74, 6) is -2.36. The van der Waals surface area contributed by atoms with Gasteiger partial charge in [0.25, 0.3) is 5.56 Å². The maximum atomic E-state index is 14.3. The normalized spacial score (nSPS) is 11.9. The quantitative estimate of drug-likeness (QED) is 0.385. The van der Waals surface area contributed by atoms with Crippen molar-refractivity contribution in [1.29, 1.82) is 0 Å². The Kier molecular flexibility index (Phi) is 5.59. The molecule has 0 unspecified atom stereocenters. The van der Waals surface area contributed by atoms with Gasteiger partial charge in [0.15, 0.2) is 26.8 Å². The first kappa shape index (κ1) is 20.8. The highest BCUT2D eigenvalue weighted by molar-refractivity contribution is 7.90. The summed E-state index contributed by atoms with van der Waals surface area (Å²) in [6, 6.07) is 5.13. The Labute approximate surface area is 163 Å². The number of fused-ring (bicyclic) bond motifs is 1. The molecular weight excluding hydrogens is 410 g/mol. The van der Waals surface area contributed by atoms with Crippen molar-refractivity contribution in [2.24, 2.45) is 0 Å². The van der Waals surface area contributed by atoms with E-state index in [2.05, 4.69) is 15.3 Å². The molecule has 0 aliphatic carbocycles. The van der Waals surface area contributed by atoms with Crippen molar-refractivity contribution in [3.05, 3.63) is 52.3 Å². The third-order valence-corrected chi connectivity index (χ3v) is 4.93. The number of aliphatic hydroxyl groups excluding tert-OH is 1. The smallest absolute Gasteiger partial charge is 0.256 e. The summed E-state index contributed by atoms with van der Waals surface area (Å²) in [7, 11) is -3.92. The molecule has 0 radical (unpaired) electrons. The molecule has 0 aliphatic rings. The zero-order valence-corrected chi connectivity index (χ0v) is 15.8. The number of benzene rings is 1. The molecule has 9 nitrogen and oxygen atoms in total. The van der Waals surface area contributed by atoms with Crippen LogP contribution in [0, 0.1) is 11.6 Å². The van der Waals surface area contributed by atoms with Crippen LogP contribution in [0.5, 0.6) is 0 Å². The molecule has 0 fully saturated rings. The lowest BCUT2D eigenvalue weighted by Crippen LogP contribution is -2.22. The van der Waals surface area contributed by atoms with Crippen LogP contribution in [0.2, 0.25) is 0 Å². The predicted octanol–water partition coefficient (Wildman–Crippen LogP) is 0.575. The van der Waals surface area contributed by atoms with Crippen LogP contribution in [-0.4, -0.2) is 52.3 Å². The van der Waals surface area contributed by atoms with Gasteiger partial charge in [-0.3, -0.25) is 9.36 Å². The molecule has 12 heteroatoms. The molecule has 29 heavy (non-hydrogen) atoms.